The number of sulfone groups is 1. The van der Waals surface area contributed by atoms with E-state index in [0.717, 1.165) is 18.0 Å². The number of carbonyl (C=O) groups excluding carboxylic acids is 1. The minimum absolute atomic E-state index is 0.143. The molecular weight excluding hydrogens is 426 g/mol. The van der Waals surface area contributed by atoms with E-state index in [2.05, 4.69) is 21.8 Å². The van der Waals surface area contributed by atoms with Gasteiger partial charge in [0.15, 0.2) is 9.84 Å². The molecule has 0 spiro atoms. The summed E-state index contributed by atoms with van der Waals surface area (Å²) in [5.74, 6) is 1.49. The number of hydrogen-bond acceptors (Lipinski definition) is 7. The quantitative estimate of drug-likeness (QED) is 0.682. The third-order valence-electron chi connectivity index (χ3n) is 6.47. The normalized spacial score (nSPS) is 17.9. The van der Waals surface area contributed by atoms with Crippen LogP contribution in [0.4, 0.5) is 11.8 Å². The number of carbonyl (C=O) groups is 1. The summed E-state index contributed by atoms with van der Waals surface area (Å²) in [5.41, 5.74) is 0.403. The smallest absolute Gasteiger partial charge is 0.254 e. The Morgan fingerprint density at radius 3 is 2.47 bits per heavy atom. The van der Waals surface area contributed by atoms with Crippen LogP contribution in [0.2, 0.25) is 0 Å². The molecule has 1 amide bonds. The summed E-state index contributed by atoms with van der Waals surface area (Å²) >= 11 is 0. The van der Waals surface area contributed by atoms with Gasteiger partial charge in [-0.3, -0.25) is 4.79 Å². The molecule has 1 aromatic heterocycles. The Morgan fingerprint density at radius 1 is 1.06 bits per heavy atom. The molecule has 0 atom stereocenters. The van der Waals surface area contributed by atoms with Crippen LogP contribution in [0.3, 0.4) is 0 Å². The van der Waals surface area contributed by atoms with Gasteiger partial charge >= 0.3 is 0 Å². The first-order valence-corrected chi connectivity index (χ1v) is 13.1. The van der Waals surface area contributed by atoms with E-state index in [4.69, 9.17) is 4.98 Å². The summed E-state index contributed by atoms with van der Waals surface area (Å²) < 4.78 is 23.6. The Balaban J connectivity index is 1.40. The zero-order valence-electron chi connectivity index (χ0n) is 18.8. The molecule has 1 aliphatic carbocycles. The fourth-order valence-electron chi connectivity index (χ4n) is 4.50. The fourth-order valence-corrected chi connectivity index (χ4v) is 5.16. The molecule has 0 unspecified atom stereocenters. The summed E-state index contributed by atoms with van der Waals surface area (Å²) in [7, 11) is -1.27. The van der Waals surface area contributed by atoms with E-state index in [1.165, 1.54) is 44.2 Å². The molecule has 172 valence electrons. The predicted octanol–water partition coefficient (Wildman–Crippen LogP) is 2.61. The van der Waals surface area contributed by atoms with E-state index >= 15 is 0 Å². The third-order valence-corrected chi connectivity index (χ3v) is 7.58. The number of hydrogen-bond donors (Lipinski definition) is 0. The molecule has 1 aliphatic heterocycles. The van der Waals surface area contributed by atoms with Crippen LogP contribution in [0, 0.1) is 0 Å². The molecule has 32 heavy (non-hydrogen) atoms. The summed E-state index contributed by atoms with van der Waals surface area (Å²) in [6.07, 6.45) is 9.17. The standard InChI is InChI=1S/C23H31N5O3S/c1-26(19-8-4-3-5-9-19)23-24-12-11-21(25-23)27-13-15-28(16-14-27)22(29)18-7-6-10-20(17-18)32(2,30)31/h6-7,10-12,17,19H,3-5,8-9,13-16H2,1-2H3. The molecule has 2 fully saturated rings. The maximum Gasteiger partial charge on any atom is 0.254 e. The molecule has 9 heteroatoms. The second-order valence-corrected chi connectivity index (χ2v) is 10.7. The average Bonchev–Trinajstić information content (AvgIpc) is 2.83. The molecule has 0 N–H and O–H groups in total. The van der Waals surface area contributed by atoms with Gasteiger partial charge in [-0.05, 0) is 37.1 Å². The van der Waals surface area contributed by atoms with Crippen LogP contribution < -0.4 is 9.80 Å². The number of benzene rings is 1. The van der Waals surface area contributed by atoms with Crippen LogP contribution in [0.1, 0.15) is 42.5 Å². The van der Waals surface area contributed by atoms with E-state index in [1.807, 2.05) is 12.3 Å². The van der Waals surface area contributed by atoms with Gasteiger partial charge in [0.2, 0.25) is 5.95 Å². The van der Waals surface area contributed by atoms with Gasteiger partial charge in [-0.15, -0.1) is 0 Å². The van der Waals surface area contributed by atoms with Crippen molar-refractivity contribution in [1.29, 1.82) is 0 Å². The lowest BCUT2D eigenvalue weighted by Gasteiger charge is -2.36. The van der Waals surface area contributed by atoms with E-state index < -0.39 is 9.84 Å². The predicted molar refractivity (Wildman–Crippen MR) is 125 cm³/mol. The fraction of sp³-hybridized carbons (Fsp3) is 0.522. The van der Waals surface area contributed by atoms with E-state index in [-0.39, 0.29) is 10.8 Å². The first kappa shape index (κ1) is 22.5. The van der Waals surface area contributed by atoms with Gasteiger partial charge in [0, 0.05) is 57.3 Å². The summed E-state index contributed by atoms with van der Waals surface area (Å²) in [4.78, 5) is 28.5. The molecule has 4 rings (SSSR count). The summed E-state index contributed by atoms with van der Waals surface area (Å²) in [5, 5.41) is 0. The molecule has 0 radical (unpaired) electrons. The maximum atomic E-state index is 12.9. The van der Waals surface area contributed by atoms with Gasteiger partial charge in [-0.25, -0.2) is 13.4 Å². The van der Waals surface area contributed by atoms with Crippen molar-refractivity contribution in [3.8, 4) is 0 Å². The van der Waals surface area contributed by atoms with Crippen LogP contribution >= 0.6 is 0 Å². The number of anilines is 2. The lowest BCUT2D eigenvalue weighted by atomic mass is 9.95. The lowest BCUT2D eigenvalue weighted by molar-refractivity contribution is 0.0746. The topological polar surface area (TPSA) is 86.7 Å². The van der Waals surface area contributed by atoms with Gasteiger partial charge < -0.3 is 14.7 Å². The van der Waals surface area contributed by atoms with Gasteiger partial charge in [-0.2, -0.15) is 4.98 Å². The molecule has 1 aromatic carbocycles. The molecule has 2 heterocycles. The van der Waals surface area contributed by atoms with Gasteiger partial charge in [0.1, 0.15) is 5.82 Å². The minimum Gasteiger partial charge on any atom is -0.353 e. The van der Waals surface area contributed by atoms with Crippen molar-refractivity contribution in [3.63, 3.8) is 0 Å². The zero-order valence-corrected chi connectivity index (χ0v) is 19.6. The second kappa shape index (κ2) is 9.44. The van der Waals surface area contributed by atoms with Gasteiger partial charge in [0.05, 0.1) is 4.90 Å². The van der Waals surface area contributed by atoms with Crippen LogP contribution in [-0.4, -0.2) is 74.7 Å². The van der Waals surface area contributed by atoms with Crippen molar-refractivity contribution in [2.45, 2.75) is 43.0 Å². The number of amides is 1. The third kappa shape index (κ3) is 5.03. The van der Waals surface area contributed by atoms with Crippen molar-refractivity contribution in [2.24, 2.45) is 0 Å². The molecule has 2 aliphatic rings. The minimum atomic E-state index is -3.35. The molecule has 2 aromatic rings. The highest BCUT2D eigenvalue weighted by atomic mass is 32.2. The lowest BCUT2D eigenvalue weighted by Crippen LogP contribution is -2.49. The number of aromatic nitrogens is 2. The highest BCUT2D eigenvalue weighted by Gasteiger charge is 2.25. The summed E-state index contributed by atoms with van der Waals surface area (Å²) in [6.45, 7) is 2.45. The Labute approximate surface area is 190 Å². The SMILES string of the molecule is CN(c1nccc(N2CCN(C(=O)c3cccc(S(C)(=O)=O)c3)CC2)n1)C1CCCCC1. The largest absolute Gasteiger partial charge is 0.353 e. The van der Waals surface area contributed by atoms with Crippen LogP contribution in [0.5, 0.6) is 0 Å². The molecular formula is C23H31N5O3S. The van der Waals surface area contributed by atoms with Gasteiger partial charge in [-0.1, -0.05) is 25.3 Å². The first-order valence-electron chi connectivity index (χ1n) is 11.2. The number of nitrogens with zero attached hydrogens (tertiary/aromatic N) is 5. The van der Waals surface area contributed by atoms with Crippen molar-refractivity contribution < 1.29 is 13.2 Å². The molecule has 8 nitrogen and oxygen atoms in total. The number of piperazine rings is 1. The Morgan fingerprint density at radius 2 is 1.78 bits per heavy atom. The number of rotatable bonds is 5. The highest BCUT2D eigenvalue weighted by molar-refractivity contribution is 7.90. The van der Waals surface area contributed by atoms with Crippen molar-refractivity contribution in [3.05, 3.63) is 42.1 Å². The Hall–Kier alpha value is -2.68. The molecule has 1 saturated heterocycles. The van der Waals surface area contributed by atoms with Gasteiger partial charge in [0.25, 0.3) is 5.91 Å². The highest BCUT2D eigenvalue weighted by Crippen LogP contribution is 2.25. The van der Waals surface area contributed by atoms with E-state index in [0.29, 0.717) is 37.8 Å². The zero-order chi connectivity index (χ0) is 22.7. The van der Waals surface area contributed by atoms with Crippen LogP contribution in [0.15, 0.2) is 41.4 Å². The second-order valence-electron chi connectivity index (χ2n) is 8.70. The monoisotopic (exact) mass is 457 g/mol. The van der Waals surface area contributed by atoms with Crippen molar-refractivity contribution in [2.75, 3.05) is 49.3 Å². The van der Waals surface area contributed by atoms with E-state index in [9.17, 15) is 13.2 Å². The van der Waals surface area contributed by atoms with Crippen molar-refractivity contribution >= 4 is 27.5 Å². The molecule has 1 saturated carbocycles. The van der Waals surface area contributed by atoms with Crippen molar-refractivity contribution in [1.82, 2.24) is 14.9 Å². The first-order chi connectivity index (χ1) is 15.3. The van der Waals surface area contributed by atoms with E-state index in [1.54, 1.807) is 17.0 Å². The summed E-state index contributed by atoms with van der Waals surface area (Å²) in [6, 6.07) is 8.68. The molecule has 0 bridgehead atoms. The van der Waals surface area contributed by atoms with Crippen LogP contribution in [0.25, 0.3) is 0 Å². The average molecular weight is 458 g/mol. The Kier molecular flexibility index (Phi) is 6.64. The maximum absolute atomic E-state index is 12.9. The Bertz CT molecular complexity index is 1060. The van der Waals surface area contributed by atoms with Crippen LogP contribution in [-0.2, 0) is 9.84 Å².